The lowest BCUT2D eigenvalue weighted by Crippen LogP contribution is -2.52. The van der Waals surface area contributed by atoms with Crippen LogP contribution < -0.4 is 5.32 Å². The minimum absolute atomic E-state index is 0.253. The molecule has 2 heterocycles. The Balaban J connectivity index is 1.52. The maximum absolute atomic E-state index is 10.7. The molecule has 0 radical (unpaired) electrons. The highest BCUT2D eigenvalue weighted by molar-refractivity contribution is 5.80. The minimum Gasteiger partial charge on any atom is -0.466 e. The van der Waals surface area contributed by atoms with Crippen molar-refractivity contribution in [3.05, 3.63) is 66.1 Å². The van der Waals surface area contributed by atoms with Crippen molar-refractivity contribution < 1.29 is 9.52 Å². The Bertz CT molecular complexity index is 776. The first-order valence-electron chi connectivity index (χ1n) is 10.3. The van der Waals surface area contributed by atoms with Crippen LogP contribution in [-0.2, 0) is 5.60 Å². The van der Waals surface area contributed by atoms with Crippen LogP contribution in [0.15, 0.2) is 64.2 Å². The van der Waals surface area contributed by atoms with E-state index in [-0.39, 0.29) is 6.54 Å². The molecule has 0 aliphatic carbocycles. The molecule has 2 aromatic rings. The summed E-state index contributed by atoms with van der Waals surface area (Å²) in [5.74, 6) is 1.38. The van der Waals surface area contributed by atoms with Gasteiger partial charge in [-0.2, -0.15) is 0 Å². The fourth-order valence-corrected chi connectivity index (χ4v) is 3.36. The normalized spacial score (nSPS) is 18.2. The SMILES string of the molecule is CCNC(=NCC(C)(O)c1ccco1)N1CCN(C/C=C/c2ccccc2)CC1. The minimum atomic E-state index is -1.12. The second kappa shape index (κ2) is 10.3. The molecule has 156 valence electrons. The molecule has 2 N–H and O–H groups in total. The molecule has 1 aliphatic rings. The van der Waals surface area contributed by atoms with Gasteiger partial charge in [-0.05, 0) is 31.5 Å². The Morgan fingerprint density at radius 3 is 2.59 bits per heavy atom. The third-order valence-electron chi connectivity index (χ3n) is 5.07. The van der Waals surface area contributed by atoms with Gasteiger partial charge in [0, 0.05) is 39.3 Å². The van der Waals surface area contributed by atoms with Crippen molar-refractivity contribution in [2.75, 3.05) is 45.8 Å². The maximum atomic E-state index is 10.7. The van der Waals surface area contributed by atoms with Crippen molar-refractivity contribution in [3.63, 3.8) is 0 Å². The zero-order chi connectivity index (χ0) is 20.5. The highest BCUT2D eigenvalue weighted by atomic mass is 16.4. The number of furan rings is 1. The Labute approximate surface area is 173 Å². The van der Waals surface area contributed by atoms with Gasteiger partial charge in [0.25, 0.3) is 0 Å². The molecular weight excluding hydrogens is 364 g/mol. The van der Waals surface area contributed by atoms with E-state index in [9.17, 15) is 5.11 Å². The second-order valence-corrected chi connectivity index (χ2v) is 7.52. The molecule has 1 unspecified atom stereocenters. The van der Waals surface area contributed by atoms with Crippen LogP contribution in [0.5, 0.6) is 0 Å². The molecule has 1 aromatic heterocycles. The van der Waals surface area contributed by atoms with Gasteiger partial charge in [0.15, 0.2) is 5.96 Å². The van der Waals surface area contributed by atoms with Gasteiger partial charge >= 0.3 is 0 Å². The average molecular weight is 397 g/mol. The van der Waals surface area contributed by atoms with E-state index in [1.54, 1.807) is 25.3 Å². The highest BCUT2D eigenvalue weighted by Crippen LogP contribution is 2.21. The molecule has 1 aliphatic heterocycles. The van der Waals surface area contributed by atoms with E-state index in [1.165, 1.54) is 5.56 Å². The third-order valence-corrected chi connectivity index (χ3v) is 5.07. The molecule has 3 rings (SSSR count). The molecule has 1 aromatic carbocycles. The Morgan fingerprint density at radius 2 is 1.93 bits per heavy atom. The van der Waals surface area contributed by atoms with Crippen molar-refractivity contribution >= 4 is 12.0 Å². The molecule has 0 saturated carbocycles. The summed E-state index contributed by atoms with van der Waals surface area (Å²) in [6.07, 6.45) is 5.98. The van der Waals surface area contributed by atoms with Crippen molar-refractivity contribution in [2.24, 2.45) is 4.99 Å². The molecule has 0 bridgehead atoms. The van der Waals surface area contributed by atoms with Crippen molar-refractivity contribution in [2.45, 2.75) is 19.4 Å². The summed E-state index contributed by atoms with van der Waals surface area (Å²) < 4.78 is 5.35. The van der Waals surface area contributed by atoms with E-state index >= 15 is 0 Å². The lowest BCUT2D eigenvalue weighted by molar-refractivity contribution is 0.0433. The van der Waals surface area contributed by atoms with Gasteiger partial charge in [0.1, 0.15) is 11.4 Å². The van der Waals surface area contributed by atoms with Crippen LogP contribution in [0, 0.1) is 0 Å². The Morgan fingerprint density at radius 1 is 1.17 bits per heavy atom. The number of aliphatic hydroxyl groups is 1. The van der Waals surface area contributed by atoms with Gasteiger partial charge in [-0.15, -0.1) is 0 Å². The smallest absolute Gasteiger partial charge is 0.194 e. The predicted molar refractivity (Wildman–Crippen MR) is 118 cm³/mol. The largest absolute Gasteiger partial charge is 0.466 e. The summed E-state index contributed by atoms with van der Waals surface area (Å²) >= 11 is 0. The zero-order valence-corrected chi connectivity index (χ0v) is 17.4. The number of rotatable bonds is 7. The monoisotopic (exact) mass is 396 g/mol. The average Bonchev–Trinajstić information content (AvgIpc) is 3.29. The van der Waals surface area contributed by atoms with Crippen LogP contribution >= 0.6 is 0 Å². The first-order valence-corrected chi connectivity index (χ1v) is 10.3. The number of aliphatic imine (C=N–C) groups is 1. The Hall–Kier alpha value is -2.57. The van der Waals surface area contributed by atoms with Gasteiger partial charge in [-0.25, -0.2) is 4.99 Å². The van der Waals surface area contributed by atoms with Gasteiger partial charge < -0.3 is 19.7 Å². The van der Waals surface area contributed by atoms with Crippen molar-refractivity contribution in [1.82, 2.24) is 15.1 Å². The summed E-state index contributed by atoms with van der Waals surface area (Å²) in [6, 6.07) is 13.9. The van der Waals surface area contributed by atoms with E-state index in [1.807, 2.05) is 6.07 Å². The quantitative estimate of drug-likeness (QED) is 0.557. The van der Waals surface area contributed by atoms with E-state index in [0.717, 1.165) is 45.2 Å². The standard InChI is InChI=1S/C23H32N4O2/c1-3-24-22(25-19-23(2,28)21-12-8-18-29-21)27-16-14-26(15-17-27)13-7-11-20-9-5-4-6-10-20/h4-12,18,28H,3,13-17,19H2,1-2H3,(H,24,25)/b11-7+. The number of benzene rings is 1. The van der Waals surface area contributed by atoms with E-state index < -0.39 is 5.60 Å². The second-order valence-electron chi connectivity index (χ2n) is 7.52. The molecule has 6 nitrogen and oxygen atoms in total. The topological polar surface area (TPSA) is 64.2 Å². The number of nitrogens with zero attached hydrogens (tertiary/aromatic N) is 3. The lowest BCUT2D eigenvalue weighted by Gasteiger charge is -2.36. The first kappa shape index (κ1) is 21.1. The maximum Gasteiger partial charge on any atom is 0.194 e. The van der Waals surface area contributed by atoms with Crippen LogP contribution in [0.4, 0.5) is 0 Å². The van der Waals surface area contributed by atoms with Crippen LogP contribution in [0.2, 0.25) is 0 Å². The molecule has 1 fully saturated rings. The fraction of sp³-hybridized carbons (Fsp3) is 0.435. The van der Waals surface area contributed by atoms with Gasteiger partial charge in [0.2, 0.25) is 0 Å². The third kappa shape index (κ3) is 6.21. The number of guanidine groups is 1. The van der Waals surface area contributed by atoms with Gasteiger partial charge in [-0.3, -0.25) is 4.90 Å². The van der Waals surface area contributed by atoms with Crippen molar-refractivity contribution in [3.8, 4) is 0 Å². The molecule has 0 amide bonds. The van der Waals surface area contributed by atoms with Crippen LogP contribution in [0.3, 0.4) is 0 Å². The number of nitrogens with one attached hydrogen (secondary N) is 1. The van der Waals surface area contributed by atoms with E-state index in [4.69, 9.17) is 4.42 Å². The van der Waals surface area contributed by atoms with Crippen molar-refractivity contribution in [1.29, 1.82) is 0 Å². The van der Waals surface area contributed by atoms with E-state index in [2.05, 4.69) is 63.5 Å². The number of hydrogen-bond donors (Lipinski definition) is 2. The van der Waals surface area contributed by atoms with Crippen LogP contribution in [-0.4, -0.2) is 66.7 Å². The van der Waals surface area contributed by atoms with Gasteiger partial charge in [-0.1, -0.05) is 42.5 Å². The molecule has 29 heavy (non-hydrogen) atoms. The molecule has 1 atom stereocenters. The first-order chi connectivity index (χ1) is 14.1. The summed E-state index contributed by atoms with van der Waals surface area (Å²) in [7, 11) is 0. The number of hydrogen-bond acceptors (Lipinski definition) is 4. The molecule has 0 spiro atoms. The summed E-state index contributed by atoms with van der Waals surface area (Å²) in [4.78, 5) is 9.39. The van der Waals surface area contributed by atoms with Crippen LogP contribution in [0.1, 0.15) is 25.2 Å². The Kier molecular flexibility index (Phi) is 7.49. The predicted octanol–water partition coefficient (Wildman–Crippen LogP) is 2.78. The fourth-order valence-electron chi connectivity index (χ4n) is 3.36. The van der Waals surface area contributed by atoms with E-state index in [0.29, 0.717) is 5.76 Å². The van der Waals surface area contributed by atoms with Crippen LogP contribution in [0.25, 0.3) is 6.08 Å². The summed E-state index contributed by atoms with van der Waals surface area (Å²) in [5, 5.41) is 14.0. The molecule has 6 heteroatoms. The molecular formula is C23H32N4O2. The lowest BCUT2D eigenvalue weighted by atomic mass is 10.0. The molecule has 1 saturated heterocycles. The number of piperazine rings is 1. The highest BCUT2D eigenvalue weighted by Gasteiger charge is 2.27. The summed E-state index contributed by atoms with van der Waals surface area (Å²) in [6.45, 7) is 9.58. The van der Waals surface area contributed by atoms with Gasteiger partial charge in [0.05, 0.1) is 12.8 Å². The summed E-state index contributed by atoms with van der Waals surface area (Å²) in [5.41, 5.74) is 0.116. The zero-order valence-electron chi connectivity index (χ0n) is 17.4.